The first kappa shape index (κ1) is 19.9. The van der Waals surface area contributed by atoms with Crippen LogP contribution in [0.3, 0.4) is 0 Å². The number of imidazole rings is 1. The fraction of sp³-hybridized carbons (Fsp3) is 0.235. The monoisotopic (exact) mass is 386 g/mol. The van der Waals surface area contributed by atoms with Crippen molar-refractivity contribution >= 4 is 21.2 Å². The number of fused-ring (bicyclic) bond motifs is 1. The highest BCUT2D eigenvalue weighted by molar-refractivity contribution is 7.86. The number of alkyl halides is 3. The van der Waals surface area contributed by atoms with Gasteiger partial charge in [-0.2, -0.15) is 17.7 Å². The molecule has 2 aromatic carbocycles. The number of halogens is 3. The van der Waals surface area contributed by atoms with Gasteiger partial charge in [-0.3, -0.25) is 0 Å². The number of hydrogen-bond acceptors (Lipinski definition) is 3. The van der Waals surface area contributed by atoms with Gasteiger partial charge in [-0.1, -0.05) is 23.8 Å². The Morgan fingerprint density at radius 3 is 2.00 bits per heavy atom. The van der Waals surface area contributed by atoms with Crippen molar-refractivity contribution in [2.24, 2.45) is 7.05 Å². The number of rotatable bonds is 1. The highest BCUT2D eigenvalue weighted by Crippen LogP contribution is 2.20. The maximum absolute atomic E-state index is 10.7. The normalized spacial score (nSPS) is 12.0. The van der Waals surface area contributed by atoms with Crippen molar-refractivity contribution in [2.45, 2.75) is 19.4 Å². The smallest absolute Gasteiger partial charge is 0.485 e. The molecule has 3 rings (SSSR count). The van der Waals surface area contributed by atoms with Gasteiger partial charge < -0.3 is 4.55 Å². The van der Waals surface area contributed by atoms with Crippen molar-refractivity contribution < 1.29 is 30.7 Å². The van der Waals surface area contributed by atoms with Gasteiger partial charge in [0, 0.05) is 0 Å². The van der Waals surface area contributed by atoms with Gasteiger partial charge in [0.1, 0.15) is 5.69 Å². The van der Waals surface area contributed by atoms with E-state index in [1.54, 1.807) is 0 Å². The minimum Gasteiger partial charge on any atom is -0.741 e. The van der Waals surface area contributed by atoms with Crippen LogP contribution < -0.4 is 4.57 Å². The molecule has 0 saturated carbocycles. The van der Waals surface area contributed by atoms with Crippen LogP contribution in [0.1, 0.15) is 11.1 Å². The van der Waals surface area contributed by atoms with Gasteiger partial charge in [-0.15, -0.1) is 0 Å². The average molecular weight is 386 g/mol. The molecule has 0 bridgehead atoms. The molecule has 0 aliphatic rings. The molecule has 0 atom stereocenters. The zero-order valence-electron chi connectivity index (χ0n) is 14.3. The van der Waals surface area contributed by atoms with Crippen LogP contribution in [0.4, 0.5) is 13.2 Å². The highest BCUT2D eigenvalue weighted by atomic mass is 32.2. The molecule has 0 fully saturated rings. The lowest BCUT2D eigenvalue weighted by Crippen LogP contribution is -2.25. The van der Waals surface area contributed by atoms with Crippen LogP contribution >= 0.6 is 0 Å². The number of hydrogen-bond donors (Lipinski definition) is 0. The summed E-state index contributed by atoms with van der Waals surface area (Å²) in [6.07, 6.45) is 2.13. The van der Waals surface area contributed by atoms with E-state index in [1.807, 2.05) is 0 Å². The van der Waals surface area contributed by atoms with Crippen LogP contribution in [0.25, 0.3) is 16.7 Å². The van der Waals surface area contributed by atoms with Gasteiger partial charge >= 0.3 is 5.51 Å². The lowest BCUT2D eigenvalue weighted by Gasteiger charge is -2.08. The van der Waals surface area contributed by atoms with Crippen molar-refractivity contribution in [3.05, 3.63) is 59.9 Å². The van der Waals surface area contributed by atoms with E-state index in [0.29, 0.717) is 0 Å². The van der Waals surface area contributed by atoms with Crippen LogP contribution in [0.15, 0.2) is 48.8 Å². The largest absolute Gasteiger partial charge is 0.741 e. The van der Waals surface area contributed by atoms with Crippen LogP contribution in [-0.4, -0.2) is 23.0 Å². The SMILES string of the molecule is Cc1ccc(-n2c[n+](C)c3ccc(C)cc32)cc1.O=S(=O)([O-])C(F)(F)F. The molecule has 5 nitrogen and oxygen atoms in total. The van der Waals surface area contributed by atoms with Crippen molar-refractivity contribution in [3.8, 4) is 5.69 Å². The van der Waals surface area contributed by atoms with E-state index >= 15 is 0 Å². The average Bonchev–Trinajstić information content (AvgIpc) is 2.83. The fourth-order valence-corrected chi connectivity index (χ4v) is 2.33. The summed E-state index contributed by atoms with van der Waals surface area (Å²) in [6.45, 7) is 4.24. The first-order chi connectivity index (χ1) is 11.9. The van der Waals surface area contributed by atoms with Gasteiger partial charge in [0.2, 0.25) is 6.33 Å². The quantitative estimate of drug-likeness (QED) is 0.367. The van der Waals surface area contributed by atoms with Gasteiger partial charge in [0.15, 0.2) is 21.2 Å². The molecule has 0 amide bonds. The Morgan fingerprint density at radius 1 is 1.00 bits per heavy atom. The molecule has 0 saturated heterocycles. The summed E-state index contributed by atoms with van der Waals surface area (Å²) in [4.78, 5) is 0. The lowest BCUT2D eigenvalue weighted by molar-refractivity contribution is -0.645. The Kier molecular flexibility index (Phi) is 5.43. The van der Waals surface area contributed by atoms with E-state index < -0.39 is 15.6 Å². The first-order valence-electron chi connectivity index (χ1n) is 7.46. The van der Waals surface area contributed by atoms with E-state index in [4.69, 9.17) is 13.0 Å². The van der Waals surface area contributed by atoms with Crippen LogP contribution in [-0.2, 0) is 17.2 Å². The maximum atomic E-state index is 10.7. The summed E-state index contributed by atoms with van der Waals surface area (Å²) in [6, 6.07) is 15.2. The maximum Gasteiger partial charge on any atom is 0.485 e. The van der Waals surface area contributed by atoms with Crippen molar-refractivity contribution in [3.63, 3.8) is 0 Å². The second kappa shape index (κ2) is 7.08. The van der Waals surface area contributed by atoms with Crippen LogP contribution in [0, 0.1) is 13.8 Å². The molecular weight excluding hydrogens is 369 g/mol. The van der Waals surface area contributed by atoms with E-state index in [2.05, 4.69) is 78.8 Å². The molecule has 140 valence electrons. The highest BCUT2D eigenvalue weighted by Gasteiger charge is 2.36. The molecular formula is C17H17F3N2O3S. The predicted molar refractivity (Wildman–Crippen MR) is 89.7 cm³/mol. The molecule has 9 heteroatoms. The third kappa shape index (κ3) is 4.41. The van der Waals surface area contributed by atoms with Gasteiger partial charge in [0.25, 0.3) is 0 Å². The summed E-state index contributed by atoms with van der Waals surface area (Å²) >= 11 is 0. The molecule has 0 unspecified atom stereocenters. The predicted octanol–water partition coefficient (Wildman–Crippen LogP) is 3.12. The third-order valence-corrected chi connectivity index (χ3v) is 4.22. The molecule has 26 heavy (non-hydrogen) atoms. The minimum atomic E-state index is -6.09. The van der Waals surface area contributed by atoms with Crippen LogP contribution in [0.5, 0.6) is 0 Å². The third-order valence-electron chi connectivity index (χ3n) is 3.65. The summed E-state index contributed by atoms with van der Waals surface area (Å²) in [5, 5.41) is 0. The zero-order valence-corrected chi connectivity index (χ0v) is 15.1. The van der Waals surface area contributed by atoms with Crippen LogP contribution in [0.2, 0.25) is 0 Å². The first-order valence-corrected chi connectivity index (χ1v) is 8.87. The molecule has 0 aliphatic heterocycles. The van der Waals surface area contributed by atoms with E-state index in [0.717, 1.165) is 0 Å². The Bertz CT molecular complexity index is 1020. The van der Waals surface area contributed by atoms with Crippen molar-refractivity contribution in [2.75, 3.05) is 0 Å². The Labute approximate surface area is 149 Å². The van der Waals surface area contributed by atoms with Gasteiger partial charge in [0.05, 0.1) is 7.05 Å². The molecule has 0 spiro atoms. The molecule has 3 aromatic rings. The van der Waals surface area contributed by atoms with E-state index in [1.165, 1.54) is 27.8 Å². The molecule has 1 heterocycles. The summed E-state index contributed by atoms with van der Waals surface area (Å²) in [7, 11) is -4.00. The summed E-state index contributed by atoms with van der Waals surface area (Å²) < 4.78 is 63.3. The second-order valence-electron chi connectivity index (χ2n) is 5.82. The standard InChI is InChI=1S/C16H17N2.CHF3O3S/c1-12-4-7-14(8-5-12)18-11-17(3)15-9-6-13(2)10-16(15)18;2-1(3,4)8(5,6)7/h4-11H,1-3H3;(H,5,6,7)/q+1;/p-1. The molecule has 1 aromatic heterocycles. The van der Waals surface area contributed by atoms with Gasteiger partial charge in [-0.05, 0) is 43.7 Å². The number of aryl methyl sites for hydroxylation is 3. The Morgan fingerprint density at radius 2 is 1.50 bits per heavy atom. The Balaban J connectivity index is 0.000000260. The number of aromatic nitrogens is 2. The number of nitrogens with zero attached hydrogens (tertiary/aromatic N) is 2. The topological polar surface area (TPSA) is 66.0 Å². The molecule has 0 aliphatic carbocycles. The van der Waals surface area contributed by atoms with Crippen molar-refractivity contribution in [1.29, 1.82) is 0 Å². The molecule has 0 radical (unpaired) electrons. The van der Waals surface area contributed by atoms with Crippen molar-refractivity contribution in [1.82, 2.24) is 4.57 Å². The van der Waals surface area contributed by atoms with E-state index in [-0.39, 0.29) is 0 Å². The second-order valence-corrected chi connectivity index (χ2v) is 7.20. The molecule has 0 N–H and O–H groups in total. The zero-order chi connectivity index (χ0) is 19.7. The number of benzene rings is 2. The lowest BCUT2D eigenvalue weighted by atomic mass is 10.2. The van der Waals surface area contributed by atoms with E-state index in [9.17, 15) is 13.2 Å². The fourth-order valence-electron chi connectivity index (χ4n) is 2.33. The summed E-state index contributed by atoms with van der Waals surface area (Å²) in [5.74, 6) is 0. The summed E-state index contributed by atoms with van der Waals surface area (Å²) in [5.41, 5.74) is 0.636. The Hall–Kier alpha value is -2.39. The van der Waals surface area contributed by atoms with Gasteiger partial charge in [-0.25, -0.2) is 13.0 Å². The minimum absolute atomic E-state index is 1.21.